The number of fused-ring (bicyclic) bond motifs is 1. The molecule has 0 bridgehead atoms. The number of hydrogen-bond acceptors (Lipinski definition) is 3. The van der Waals surface area contributed by atoms with Crippen LogP contribution in [0.25, 0.3) is 16.7 Å². The van der Waals surface area contributed by atoms with E-state index in [9.17, 15) is 4.39 Å². The van der Waals surface area contributed by atoms with Gasteiger partial charge in [-0.3, -0.25) is 4.98 Å². The summed E-state index contributed by atoms with van der Waals surface area (Å²) in [6, 6.07) is 7.97. The van der Waals surface area contributed by atoms with Crippen LogP contribution in [-0.2, 0) is 0 Å². The molecular weight excluding hydrogens is 207 g/mol. The van der Waals surface area contributed by atoms with Crippen molar-refractivity contribution in [3.05, 3.63) is 48.5 Å². The first-order chi connectivity index (χ1) is 7.84. The number of rotatable bonds is 1. The summed E-state index contributed by atoms with van der Waals surface area (Å²) in [4.78, 5) is 3.92. The van der Waals surface area contributed by atoms with Gasteiger partial charge < -0.3 is 0 Å². The van der Waals surface area contributed by atoms with Crippen LogP contribution in [0.2, 0.25) is 0 Å². The summed E-state index contributed by atoms with van der Waals surface area (Å²) in [6.45, 7) is 0. The van der Waals surface area contributed by atoms with Crippen molar-refractivity contribution in [3.8, 4) is 5.69 Å². The topological polar surface area (TPSA) is 43.6 Å². The van der Waals surface area contributed by atoms with Gasteiger partial charge in [-0.15, -0.1) is 5.10 Å². The number of hydrogen-bond donors (Lipinski definition) is 0. The average Bonchev–Trinajstić information content (AvgIpc) is 2.73. The van der Waals surface area contributed by atoms with Gasteiger partial charge in [-0.2, -0.15) is 0 Å². The van der Waals surface area contributed by atoms with Gasteiger partial charge in [0.1, 0.15) is 11.3 Å². The Bertz CT molecular complexity index is 633. The van der Waals surface area contributed by atoms with Gasteiger partial charge in [0.25, 0.3) is 0 Å². The van der Waals surface area contributed by atoms with Gasteiger partial charge >= 0.3 is 0 Å². The molecule has 0 unspecified atom stereocenters. The second kappa shape index (κ2) is 3.37. The van der Waals surface area contributed by atoms with E-state index in [1.807, 2.05) is 0 Å². The summed E-state index contributed by atoms with van der Waals surface area (Å²) < 4.78 is 14.7. The molecule has 2 aromatic heterocycles. The molecule has 3 aromatic rings. The fourth-order valence-corrected chi connectivity index (χ4v) is 1.57. The Hall–Kier alpha value is -2.30. The first kappa shape index (κ1) is 8.96. The molecule has 0 aliphatic rings. The number of benzene rings is 1. The molecular formula is C11H7FN4. The highest BCUT2D eigenvalue weighted by atomic mass is 19.1. The van der Waals surface area contributed by atoms with Crippen molar-refractivity contribution in [1.29, 1.82) is 0 Å². The summed E-state index contributed by atoms with van der Waals surface area (Å²) >= 11 is 0. The van der Waals surface area contributed by atoms with E-state index < -0.39 is 0 Å². The predicted octanol–water partition coefficient (Wildman–Crippen LogP) is 1.95. The fraction of sp³-hybridized carbons (Fsp3) is 0. The lowest BCUT2D eigenvalue weighted by atomic mass is 10.3. The van der Waals surface area contributed by atoms with Gasteiger partial charge in [0.2, 0.25) is 0 Å². The van der Waals surface area contributed by atoms with E-state index in [4.69, 9.17) is 0 Å². The zero-order valence-corrected chi connectivity index (χ0v) is 8.21. The Kier molecular flexibility index (Phi) is 1.89. The number of nitrogens with zero attached hydrogens (tertiary/aromatic N) is 4. The Morgan fingerprint density at radius 3 is 2.69 bits per heavy atom. The summed E-state index contributed by atoms with van der Waals surface area (Å²) in [7, 11) is 0. The second-order valence-corrected chi connectivity index (χ2v) is 3.34. The van der Waals surface area contributed by atoms with Crippen molar-refractivity contribution >= 4 is 11.0 Å². The van der Waals surface area contributed by atoms with Gasteiger partial charge in [-0.1, -0.05) is 5.21 Å². The molecule has 0 aliphatic heterocycles. The monoisotopic (exact) mass is 214 g/mol. The maximum Gasteiger partial charge on any atom is 0.125 e. The molecule has 0 amide bonds. The molecule has 0 atom stereocenters. The Labute approximate surface area is 90.4 Å². The highest BCUT2D eigenvalue weighted by Gasteiger charge is 2.06. The van der Waals surface area contributed by atoms with Gasteiger partial charge in [-0.25, -0.2) is 9.07 Å². The normalized spacial score (nSPS) is 10.8. The molecule has 0 N–H and O–H groups in total. The van der Waals surface area contributed by atoms with Gasteiger partial charge in [0, 0.05) is 18.5 Å². The van der Waals surface area contributed by atoms with Crippen LogP contribution in [0.15, 0.2) is 42.7 Å². The van der Waals surface area contributed by atoms with Crippen molar-refractivity contribution in [2.24, 2.45) is 0 Å². The molecule has 0 saturated carbocycles. The highest BCUT2D eigenvalue weighted by molar-refractivity contribution is 5.75. The van der Waals surface area contributed by atoms with Gasteiger partial charge in [0.05, 0.1) is 11.2 Å². The highest BCUT2D eigenvalue weighted by Crippen LogP contribution is 2.16. The Morgan fingerprint density at radius 1 is 1.06 bits per heavy atom. The zero-order valence-electron chi connectivity index (χ0n) is 8.21. The van der Waals surface area contributed by atoms with Crippen molar-refractivity contribution in [2.75, 3.05) is 0 Å². The van der Waals surface area contributed by atoms with Crippen LogP contribution in [0.5, 0.6) is 0 Å². The van der Waals surface area contributed by atoms with E-state index >= 15 is 0 Å². The van der Waals surface area contributed by atoms with Crippen LogP contribution in [0.4, 0.5) is 4.39 Å². The quantitative estimate of drug-likeness (QED) is 0.621. The number of halogens is 1. The second-order valence-electron chi connectivity index (χ2n) is 3.34. The minimum atomic E-state index is -0.301. The molecule has 0 saturated heterocycles. The average molecular weight is 214 g/mol. The van der Waals surface area contributed by atoms with Crippen LogP contribution < -0.4 is 0 Å². The first-order valence-corrected chi connectivity index (χ1v) is 4.76. The predicted molar refractivity (Wildman–Crippen MR) is 56.6 cm³/mol. The van der Waals surface area contributed by atoms with Crippen molar-refractivity contribution in [1.82, 2.24) is 20.0 Å². The minimum absolute atomic E-state index is 0.301. The third kappa shape index (κ3) is 1.33. The van der Waals surface area contributed by atoms with E-state index in [2.05, 4.69) is 15.3 Å². The van der Waals surface area contributed by atoms with E-state index in [1.165, 1.54) is 12.1 Å². The molecule has 0 spiro atoms. The SMILES string of the molecule is Fc1ccc2nnn(-c3ccncc3)c2c1. The summed E-state index contributed by atoms with van der Waals surface area (Å²) in [5.41, 5.74) is 2.12. The lowest BCUT2D eigenvalue weighted by molar-refractivity contribution is 0.629. The largest absolute Gasteiger partial charge is 0.265 e. The van der Waals surface area contributed by atoms with Crippen LogP contribution >= 0.6 is 0 Å². The molecule has 78 valence electrons. The smallest absolute Gasteiger partial charge is 0.125 e. The molecule has 0 aliphatic carbocycles. The summed E-state index contributed by atoms with van der Waals surface area (Å²) in [6.07, 6.45) is 3.31. The minimum Gasteiger partial charge on any atom is -0.265 e. The lowest BCUT2D eigenvalue weighted by Crippen LogP contribution is -1.96. The molecule has 0 radical (unpaired) electrons. The molecule has 0 fully saturated rings. The molecule has 16 heavy (non-hydrogen) atoms. The third-order valence-corrected chi connectivity index (χ3v) is 2.31. The maximum absolute atomic E-state index is 13.1. The fourth-order valence-electron chi connectivity index (χ4n) is 1.57. The molecule has 1 aromatic carbocycles. The van der Waals surface area contributed by atoms with Gasteiger partial charge in [0.15, 0.2) is 0 Å². The van der Waals surface area contributed by atoms with Crippen molar-refractivity contribution in [2.45, 2.75) is 0 Å². The van der Waals surface area contributed by atoms with E-state index in [0.29, 0.717) is 11.0 Å². The Morgan fingerprint density at radius 2 is 1.88 bits per heavy atom. The maximum atomic E-state index is 13.1. The van der Waals surface area contributed by atoms with Crippen molar-refractivity contribution in [3.63, 3.8) is 0 Å². The number of pyridine rings is 1. The first-order valence-electron chi connectivity index (χ1n) is 4.76. The van der Waals surface area contributed by atoms with Crippen molar-refractivity contribution < 1.29 is 4.39 Å². The van der Waals surface area contributed by atoms with E-state index in [1.54, 1.807) is 35.3 Å². The molecule has 5 heteroatoms. The van der Waals surface area contributed by atoms with E-state index in [-0.39, 0.29) is 5.82 Å². The third-order valence-electron chi connectivity index (χ3n) is 2.31. The summed E-state index contributed by atoms with van der Waals surface area (Å²) in [5, 5.41) is 7.94. The molecule has 3 rings (SSSR count). The van der Waals surface area contributed by atoms with Crippen LogP contribution in [-0.4, -0.2) is 20.0 Å². The standard InChI is InChI=1S/C11H7FN4/c12-8-1-2-10-11(7-8)16(15-14-10)9-3-5-13-6-4-9/h1-7H. The molecule has 2 heterocycles. The summed E-state index contributed by atoms with van der Waals surface area (Å²) in [5.74, 6) is -0.301. The molecule has 4 nitrogen and oxygen atoms in total. The zero-order chi connectivity index (χ0) is 11.0. The number of aromatic nitrogens is 4. The van der Waals surface area contributed by atoms with Gasteiger partial charge in [-0.05, 0) is 24.3 Å². The lowest BCUT2D eigenvalue weighted by Gasteiger charge is -2.00. The van der Waals surface area contributed by atoms with Crippen LogP contribution in [0.3, 0.4) is 0 Å². The van der Waals surface area contributed by atoms with Crippen LogP contribution in [0, 0.1) is 5.82 Å². The Balaban J connectivity index is 2.29. The van der Waals surface area contributed by atoms with Crippen LogP contribution in [0.1, 0.15) is 0 Å². The van der Waals surface area contributed by atoms with E-state index in [0.717, 1.165) is 5.69 Å².